The molecule has 0 spiro atoms. The molecule has 4 rings (SSSR count). The van der Waals surface area contributed by atoms with Gasteiger partial charge in [-0.25, -0.2) is 13.6 Å². The molecule has 0 bridgehead atoms. The van der Waals surface area contributed by atoms with Crippen molar-refractivity contribution in [2.75, 3.05) is 5.32 Å². The first-order chi connectivity index (χ1) is 17.5. The molecule has 10 nitrogen and oxygen atoms in total. The largest absolute Gasteiger partial charge is 0.464 e. The number of halogens is 6. The normalized spacial score (nSPS) is 12.7. The van der Waals surface area contributed by atoms with Gasteiger partial charge in [-0.3, -0.25) is 4.57 Å². The molecule has 0 amide bonds. The minimum atomic E-state index is -4.85. The molecule has 1 atom stereocenters. The van der Waals surface area contributed by atoms with Gasteiger partial charge in [0.05, 0.1) is 27.7 Å². The summed E-state index contributed by atoms with van der Waals surface area (Å²) in [5.41, 5.74) is -1.22. The van der Waals surface area contributed by atoms with Crippen LogP contribution in [0.25, 0.3) is 16.6 Å². The third-order valence-electron chi connectivity index (χ3n) is 5.26. The van der Waals surface area contributed by atoms with Gasteiger partial charge < -0.3 is 15.2 Å². The van der Waals surface area contributed by atoms with Crippen molar-refractivity contribution >= 4 is 33.9 Å². The maximum atomic E-state index is 15.7. The second kappa shape index (κ2) is 9.89. The Bertz CT molecular complexity index is 1520. The van der Waals surface area contributed by atoms with Crippen molar-refractivity contribution in [2.24, 2.45) is 0 Å². The van der Waals surface area contributed by atoms with E-state index in [1.165, 1.54) is 12.1 Å². The zero-order valence-electron chi connectivity index (χ0n) is 19.0. The minimum absolute atomic E-state index is 0.0569. The number of alkyl halides is 3. The Labute approximate surface area is 209 Å². The number of nitrogens with one attached hydrogen (secondary N) is 1. The van der Waals surface area contributed by atoms with Crippen LogP contribution in [0.2, 0.25) is 5.02 Å². The van der Waals surface area contributed by atoms with E-state index in [0.29, 0.717) is 11.6 Å². The monoisotopic (exact) mass is 545 g/mol. The number of aromatic nitrogens is 6. The highest BCUT2D eigenvalue weighted by Gasteiger charge is 2.39. The van der Waals surface area contributed by atoms with E-state index in [1.54, 1.807) is 6.92 Å². The predicted octanol–water partition coefficient (Wildman–Crippen LogP) is 3.89. The number of benzene rings is 1. The van der Waals surface area contributed by atoms with Gasteiger partial charge in [-0.2, -0.15) is 27.9 Å². The Balaban J connectivity index is 2.01. The molecule has 3 heterocycles. The van der Waals surface area contributed by atoms with Crippen molar-refractivity contribution in [3.05, 3.63) is 57.4 Å². The van der Waals surface area contributed by atoms with E-state index >= 15 is 4.39 Å². The molecule has 1 aromatic carbocycles. The van der Waals surface area contributed by atoms with Crippen molar-refractivity contribution in [3.8, 4) is 11.7 Å². The average Bonchev–Trinajstić information content (AvgIpc) is 3.17. The molecule has 0 aliphatic heterocycles. The lowest BCUT2D eigenvalue weighted by molar-refractivity contribution is -0.189. The van der Waals surface area contributed by atoms with Crippen LogP contribution in [0.5, 0.6) is 5.88 Å². The van der Waals surface area contributed by atoms with E-state index in [1.807, 2.05) is 0 Å². The lowest BCUT2D eigenvalue weighted by atomic mass is 10.2. The number of hydrogen-bond donors (Lipinski definition) is 2. The summed E-state index contributed by atoms with van der Waals surface area (Å²) >= 11 is 6.02. The number of aliphatic hydroxyl groups is 1. The summed E-state index contributed by atoms with van der Waals surface area (Å²) in [6.45, 7) is 1.63. The molecule has 0 radical (unpaired) electrons. The van der Waals surface area contributed by atoms with E-state index in [0.717, 1.165) is 16.8 Å². The number of nitrogens with zero attached hydrogens (tertiary/aromatic N) is 6. The highest BCUT2D eigenvalue weighted by Crippen LogP contribution is 2.37. The smallest absolute Gasteiger partial charge is 0.425 e. The molecule has 0 saturated carbocycles. The lowest BCUT2D eigenvalue weighted by Crippen LogP contribution is -2.32. The Hall–Kier alpha value is -3.85. The first kappa shape index (κ1) is 26.2. The summed E-state index contributed by atoms with van der Waals surface area (Å²) in [5.74, 6) is -4.22. The Morgan fingerprint density at radius 1 is 1.27 bits per heavy atom. The number of anilines is 2. The van der Waals surface area contributed by atoms with Gasteiger partial charge >= 0.3 is 11.9 Å². The third-order valence-corrected chi connectivity index (χ3v) is 5.57. The Morgan fingerprint density at radius 2 is 2.00 bits per heavy atom. The van der Waals surface area contributed by atoms with E-state index < -0.39 is 64.5 Å². The van der Waals surface area contributed by atoms with Crippen molar-refractivity contribution in [1.82, 2.24) is 29.5 Å². The number of ether oxygens (including phenoxy) is 1. The van der Waals surface area contributed by atoms with Crippen LogP contribution in [0.3, 0.4) is 0 Å². The first-order valence-electron chi connectivity index (χ1n) is 10.6. The predicted molar refractivity (Wildman–Crippen MR) is 121 cm³/mol. The maximum Gasteiger partial charge on any atom is 0.425 e. The fourth-order valence-electron chi connectivity index (χ4n) is 3.38. The number of hydrogen-bond acceptors (Lipinski definition) is 8. The molecule has 0 unspecified atom stereocenters. The summed E-state index contributed by atoms with van der Waals surface area (Å²) in [7, 11) is 0. The van der Waals surface area contributed by atoms with E-state index in [-0.39, 0.29) is 23.1 Å². The molecule has 16 heteroatoms. The summed E-state index contributed by atoms with van der Waals surface area (Å²) in [4.78, 5) is 16.6. The lowest BCUT2D eigenvalue weighted by Gasteiger charge is -2.20. The van der Waals surface area contributed by atoms with Crippen LogP contribution in [0.15, 0.2) is 29.2 Å². The Morgan fingerprint density at radius 3 is 2.59 bits per heavy atom. The maximum absolute atomic E-state index is 15.7. The van der Waals surface area contributed by atoms with Gasteiger partial charge in [0.1, 0.15) is 12.4 Å². The highest BCUT2D eigenvalue weighted by atomic mass is 35.5. The SMILES string of the molecule is CCn1c(CO)nn(-c2nc(O[C@@H](C)C(F)(F)F)c3c(Nc4c(F)cccc4Cl)nncc3c2F)c1=O. The molecule has 0 aliphatic rings. The zero-order chi connectivity index (χ0) is 27.1. The van der Waals surface area contributed by atoms with Gasteiger partial charge in [0.15, 0.2) is 29.4 Å². The second-order valence-corrected chi connectivity index (χ2v) is 7.98. The van der Waals surface area contributed by atoms with Crippen molar-refractivity contribution in [1.29, 1.82) is 0 Å². The summed E-state index contributed by atoms with van der Waals surface area (Å²) in [6.07, 6.45) is -6.42. The van der Waals surface area contributed by atoms with Crippen LogP contribution in [-0.2, 0) is 13.2 Å². The van der Waals surface area contributed by atoms with Crippen molar-refractivity contribution in [3.63, 3.8) is 0 Å². The standard InChI is InChI=1S/C21H17ClF5N7O3/c1-3-33-13(8-35)32-34(20(33)36)18-15(24)10-7-28-31-17(29-16-11(22)5-4-6-12(16)23)14(10)19(30-18)37-9(2)21(25,26)27/h4-7,9,35H,3,8H2,1-2H3,(H,29,31)/t9-/m0/s1. The van der Waals surface area contributed by atoms with Gasteiger partial charge in [-0.15, -0.1) is 10.2 Å². The molecule has 3 aromatic heterocycles. The molecule has 4 aromatic rings. The molecule has 0 saturated heterocycles. The van der Waals surface area contributed by atoms with Crippen LogP contribution in [0.1, 0.15) is 19.7 Å². The number of pyridine rings is 1. The van der Waals surface area contributed by atoms with Crippen molar-refractivity contribution in [2.45, 2.75) is 39.3 Å². The van der Waals surface area contributed by atoms with Gasteiger partial charge in [0, 0.05) is 6.54 Å². The molecule has 0 fully saturated rings. The van der Waals surface area contributed by atoms with Gasteiger partial charge in [0.25, 0.3) is 0 Å². The average molecular weight is 546 g/mol. The fourth-order valence-corrected chi connectivity index (χ4v) is 3.59. The number of para-hydroxylation sites is 1. The van der Waals surface area contributed by atoms with Crippen LogP contribution >= 0.6 is 11.6 Å². The number of fused-ring (bicyclic) bond motifs is 1. The molecular formula is C21H17ClF5N7O3. The molecule has 0 aliphatic carbocycles. The van der Waals surface area contributed by atoms with E-state index in [4.69, 9.17) is 16.3 Å². The minimum Gasteiger partial charge on any atom is -0.464 e. The third kappa shape index (κ3) is 4.79. The van der Waals surface area contributed by atoms with Crippen LogP contribution in [-0.4, -0.2) is 46.9 Å². The van der Waals surface area contributed by atoms with Gasteiger partial charge in [0.2, 0.25) is 5.88 Å². The molecule has 196 valence electrons. The van der Waals surface area contributed by atoms with Gasteiger partial charge in [-0.05, 0) is 26.0 Å². The second-order valence-electron chi connectivity index (χ2n) is 7.57. The van der Waals surface area contributed by atoms with E-state index in [2.05, 4.69) is 25.6 Å². The van der Waals surface area contributed by atoms with Gasteiger partial charge in [-0.1, -0.05) is 17.7 Å². The fraction of sp³-hybridized carbons (Fsp3) is 0.286. The number of aliphatic hydroxyl groups excluding tert-OH is 1. The zero-order valence-corrected chi connectivity index (χ0v) is 19.8. The van der Waals surface area contributed by atoms with Crippen molar-refractivity contribution < 1.29 is 31.8 Å². The summed E-state index contributed by atoms with van der Waals surface area (Å²) < 4.78 is 76.7. The first-order valence-corrected chi connectivity index (χ1v) is 10.9. The molecule has 2 N–H and O–H groups in total. The van der Waals surface area contributed by atoms with E-state index in [9.17, 15) is 27.5 Å². The molecular weight excluding hydrogens is 529 g/mol. The molecule has 37 heavy (non-hydrogen) atoms. The quantitative estimate of drug-likeness (QED) is 0.336. The topological polar surface area (TPSA) is 120 Å². The van der Waals surface area contributed by atoms with Crippen LogP contribution in [0, 0.1) is 11.6 Å². The highest BCUT2D eigenvalue weighted by molar-refractivity contribution is 6.33. The van der Waals surface area contributed by atoms with Crippen LogP contribution < -0.4 is 15.7 Å². The Kier molecular flexibility index (Phi) is 7.01. The summed E-state index contributed by atoms with van der Waals surface area (Å²) in [6, 6.07) is 3.71. The van der Waals surface area contributed by atoms with Crippen LogP contribution in [0.4, 0.5) is 33.5 Å². The number of rotatable bonds is 7. The summed E-state index contributed by atoms with van der Waals surface area (Å²) in [5, 5.41) is 22.2.